The lowest BCUT2D eigenvalue weighted by Crippen LogP contribution is -2.57. The fraction of sp³-hybridized carbons (Fsp3) is 0.846. The van der Waals surface area contributed by atoms with Crippen molar-refractivity contribution in [3.8, 4) is 0 Å². The van der Waals surface area contributed by atoms with Gasteiger partial charge in [0.15, 0.2) is 0 Å². The average Bonchev–Trinajstić information content (AvgIpc) is 2.10. The maximum Gasteiger partial charge on any atom is 0.318 e. The number of imide groups is 1. The summed E-state index contributed by atoms with van der Waals surface area (Å²) in [4.78, 5) is 24.1. The van der Waals surface area contributed by atoms with Crippen LogP contribution in [0.1, 0.15) is 40.5 Å². The number of carbonyl (C=O) groups is 2. The van der Waals surface area contributed by atoms with Crippen molar-refractivity contribution in [2.45, 2.75) is 51.7 Å². The van der Waals surface area contributed by atoms with Crippen molar-refractivity contribution >= 4 is 11.9 Å². The smallest absolute Gasteiger partial charge is 0.318 e. The predicted octanol–water partition coefficient (Wildman–Crippen LogP) is 0.851. The van der Waals surface area contributed by atoms with Gasteiger partial charge in [-0.2, -0.15) is 0 Å². The standard InChI is InChI=1S/C13H25N3O3/c1-12(2)8-16(9-13(3,4)19-12)7-5-6-10(17)15-11(14)18/h5-9H2,1-4H3,(H3,14,15,17,18). The molecular formula is C13H25N3O3. The van der Waals surface area contributed by atoms with Crippen molar-refractivity contribution < 1.29 is 14.3 Å². The Balaban J connectivity index is 2.37. The van der Waals surface area contributed by atoms with Gasteiger partial charge in [0.25, 0.3) is 0 Å². The van der Waals surface area contributed by atoms with Gasteiger partial charge in [0.2, 0.25) is 5.91 Å². The Morgan fingerprint density at radius 3 is 2.21 bits per heavy atom. The van der Waals surface area contributed by atoms with Crippen LogP contribution in [0.25, 0.3) is 0 Å². The number of amides is 3. The molecule has 1 saturated heterocycles. The normalized spacial score (nSPS) is 21.9. The molecule has 1 rings (SSSR count). The monoisotopic (exact) mass is 271 g/mol. The van der Waals surface area contributed by atoms with E-state index in [4.69, 9.17) is 10.5 Å². The van der Waals surface area contributed by atoms with E-state index in [1.807, 2.05) is 0 Å². The lowest BCUT2D eigenvalue weighted by atomic mass is 9.98. The van der Waals surface area contributed by atoms with Crippen LogP contribution < -0.4 is 11.1 Å². The highest BCUT2D eigenvalue weighted by molar-refractivity contribution is 5.93. The molecule has 0 aromatic carbocycles. The highest BCUT2D eigenvalue weighted by atomic mass is 16.5. The molecule has 3 amide bonds. The van der Waals surface area contributed by atoms with Crippen molar-refractivity contribution in [2.24, 2.45) is 5.73 Å². The Morgan fingerprint density at radius 1 is 1.21 bits per heavy atom. The van der Waals surface area contributed by atoms with Crippen LogP contribution in [0.4, 0.5) is 4.79 Å². The van der Waals surface area contributed by atoms with Gasteiger partial charge >= 0.3 is 6.03 Å². The van der Waals surface area contributed by atoms with Gasteiger partial charge < -0.3 is 10.5 Å². The molecule has 0 atom stereocenters. The second-order valence-electron chi connectivity index (χ2n) is 6.35. The second kappa shape index (κ2) is 5.88. The molecule has 110 valence electrons. The number of primary amides is 1. The summed E-state index contributed by atoms with van der Waals surface area (Å²) in [5.74, 6) is -0.320. The predicted molar refractivity (Wildman–Crippen MR) is 72.6 cm³/mol. The number of hydrogen-bond donors (Lipinski definition) is 2. The number of carbonyl (C=O) groups excluding carboxylic acids is 2. The first kappa shape index (κ1) is 15.9. The summed E-state index contributed by atoms with van der Waals surface area (Å²) in [6.07, 6.45) is 1.01. The van der Waals surface area contributed by atoms with E-state index < -0.39 is 6.03 Å². The van der Waals surface area contributed by atoms with Gasteiger partial charge in [-0.25, -0.2) is 4.79 Å². The van der Waals surface area contributed by atoms with Gasteiger partial charge in [-0.3, -0.25) is 15.0 Å². The molecule has 0 aromatic heterocycles. The minimum atomic E-state index is -0.793. The van der Waals surface area contributed by atoms with Gasteiger partial charge in [0.05, 0.1) is 11.2 Å². The molecule has 0 saturated carbocycles. The zero-order chi connectivity index (χ0) is 14.7. The van der Waals surface area contributed by atoms with Crippen LogP contribution in [0.5, 0.6) is 0 Å². The molecule has 1 heterocycles. The van der Waals surface area contributed by atoms with Crippen LogP contribution in [0.15, 0.2) is 0 Å². The summed E-state index contributed by atoms with van der Waals surface area (Å²) in [6.45, 7) is 10.8. The van der Waals surface area contributed by atoms with Gasteiger partial charge in [0, 0.05) is 19.5 Å². The van der Waals surface area contributed by atoms with Crippen molar-refractivity contribution in [3.05, 3.63) is 0 Å². The summed E-state index contributed by atoms with van der Waals surface area (Å²) < 4.78 is 5.99. The average molecular weight is 271 g/mol. The molecule has 1 aliphatic heterocycles. The highest BCUT2D eigenvalue weighted by Gasteiger charge is 2.37. The third-order valence-electron chi connectivity index (χ3n) is 2.90. The zero-order valence-electron chi connectivity index (χ0n) is 12.3. The molecule has 1 aliphatic rings. The maximum absolute atomic E-state index is 11.3. The molecule has 6 heteroatoms. The molecule has 0 aliphatic carbocycles. The summed E-state index contributed by atoms with van der Waals surface area (Å²) in [7, 11) is 0. The number of nitrogens with zero attached hydrogens (tertiary/aromatic N) is 1. The highest BCUT2D eigenvalue weighted by Crippen LogP contribution is 2.27. The lowest BCUT2D eigenvalue weighted by Gasteiger charge is -2.47. The van der Waals surface area contributed by atoms with E-state index in [1.165, 1.54) is 0 Å². The van der Waals surface area contributed by atoms with E-state index >= 15 is 0 Å². The molecule has 0 unspecified atom stereocenters. The topological polar surface area (TPSA) is 84.7 Å². The van der Waals surface area contributed by atoms with Crippen LogP contribution in [-0.2, 0) is 9.53 Å². The number of morpholine rings is 1. The second-order valence-corrected chi connectivity index (χ2v) is 6.35. The van der Waals surface area contributed by atoms with E-state index in [2.05, 4.69) is 37.9 Å². The summed E-state index contributed by atoms with van der Waals surface area (Å²) >= 11 is 0. The van der Waals surface area contributed by atoms with Crippen molar-refractivity contribution in [2.75, 3.05) is 19.6 Å². The number of nitrogens with two attached hydrogens (primary N) is 1. The van der Waals surface area contributed by atoms with Crippen LogP contribution in [-0.4, -0.2) is 47.7 Å². The lowest BCUT2D eigenvalue weighted by molar-refractivity contribution is -0.180. The molecule has 3 N–H and O–H groups in total. The molecular weight excluding hydrogens is 246 g/mol. The number of rotatable bonds is 4. The maximum atomic E-state index is 11.3. The van der Waals surface area contributed by atoms with Crippen molar-refractivity contribution in [1.29, 1.82) is 0 Å². The van der Waals surface area contributed by atoms with E-state index in [-0.39, 0.29) is 17.1 Å². The Kier molecular flexibility index (Phi) is 4.92. The first-order valence-electron chi connectivity index (χ1n) is 6.61. The van der Waals surface area contributed by atoms with Gasteiger partial charge in [-0.05, 0) is 40.7 Å². The number of urea groups is 1. The van der Waals surface area contributed by atoms with E-state index in [9.17, 15) is 9.59 Å². The Bertz CT molecular complexity index is 337. The summed E-state index contributed by atoms with van der Waals surface area (Å²) in [6, 6.07) is -0.793. The van der Waals surface area contributed by atoms with Gasteiger partial charge in [-0.15, -0.1) is 0 Å². The Morgan fingerprint density at radius 2 is 1.74 bits per heavy atom. The van der Waals surface area contributed by atoms with Crippen molar-refractivity contribution in [3.63, 3.8) is 0 Å². The number of hydrogen-bond acceptors (Lipinski definition) is 4. The first-order chi connectivity index (χ1) is 8.60. The van der Waals surface area contributed by atoms with Gasteiger partial charge in [-0.1, -0.05) is 0 Å². The van der Waals surface area contributed by atoms with Gasteiger partial charge in [0.1, 0.15) is 0 Å². The quantitative estimate of drug-likeness (QED) is 0.794. The molecule has 19 heavy (non-hydrogen) atoms. The van der Waals surface area contributed by atoms with E-state index in [1.54, 1.807) is 0 Å². The number of ether oxygens (including phenoxy) is 1. The Labute approximate surface area is 114 Å². The summed E-state index contributed by atoms with van der Waals surface area (Å²) in [5.41, 5.74) is 4.51. The molecule has 0 radical (unpaired) electrons. The van der Waals surface area contributed by atoms with Crippen LogP contribution in [0, 0.1) is 0 Å². The minimum absolute atomic E-state index is 0.183. The van der Waals surface area contributed by atoms with Crippen LogP contribution >= 0.6 is 0 Å². The molecule has 6 nitrogen and oxygen atoms in total. The third kappa shape index (κ3) is 6.02. The molecule has 0 aromatic rings. The fourth-order valence-corrected chi connectivity index (χ4v) is 2.77. The third-order valence-corrected chi connectivity index (χ3v) is 2.90. The van der Waals surface area contributed by atoms with E-state index in [0.717, 1.165) is 19.6 Å². The van der Waals surface area contributed by atoms with Crippen molar-refractivity contribution in [1.82, 2.24) is 10.2 Å². The largest absolute Gasteiger partial charge is 0.367 e. The SMILES string of the molecule is CC1(C)CN(CCCC(=O)NC(N)=O)CC(C)(C)O1. The molecule has 0 bridgehead atoms. The minimum Gasteiger partial charge on any atom is -0.367 e. The Hall–Kier alpha value is -1.14. The fourth-order valence-electron chi connectivity index (χ4n) is 2.77. The van der Waals surface area contributed by atoms with E-state index in [0.29, 0.717) is 12.8 Å². The zero-order valence-corrected chi connectivity index (χ0v) is 12.3. The summed E-state index contributed by atoms with van der Waals surface area (Å²) in [5, 5.41) is 2.07. The molecule has 1 fully saturated rings. The first-order valence-corrected chi connectivity index (χ1v) is 6.61. The van der Waals surface area contributed by atoms with Crippen LogP contribution in [0.2, 0.25) is 0 Å². The molecule has 0 spiro atoms. The van der Waals surface area contributed by atoms with Crippen LogP contribution in [0.3, 0.4) is 0 Å². The number of nitrogens with one attached hydrogen (secondary N) is 1.